The van der Waals surface area contributed by atoms with E-state index < -0.39 is 28.5 Å². The van der Waals surface area contributed by atoms with Gasteiger partial charge in [-0.05, 0) is 76.6 Å². The largest absolute Gasteiger partial charge is 0.494 e. The first kappa shape index (κ1) is 29.7. The van der Waals surface area contributed by atoms with E-state index in [1.165, 1.54) is 17.0 Å². The van der Waals surface area contributed by atoms with Crippen molar-refractivity contribution in [3.63, 3.8) is 0 Å². The first-order valence-electron chi connectivity index (χ1n) is 13.0. The molecule has 208 valence electrons. The molecule has 8 nitrogen and oxygen atoms in total. The summed E-state index contributed by atoms with van der Waals surface area (Å²) >= 11 is 0. The van der Waals surface area contributed by atoms with Crippen LogP contribution in [-0.2, 0) is 26.2 Å². The number of hydrogen-bond acceptors (Lipinski definition) is 5. The summed E-state index contributed by atoms with van der Waals surface area (Å²) in [7, 11) is -4.12. The van der Waals surface area contributed by atoms with Crippen LogP contribution in [0.1, 0.15) is 38.8 Å². The van der Waals surface area contributed by atoms with Crippen LogP contribution >= 0.6 is 0 Å². The second-order valence-electron chi connectivity index (χ2n) is 9.60. The summed E-state index contributed by atoms with van der Waals surface area (Å²) in [6.07, 6.45) is 0. The Hall–Kier alpha value is -3.85. The summed E-state index contributed by atoms with van der Waals surface area (Å²) in [5.74, 6) is -0.233. The van der Waals surface area contributed by atoms with Gasteiger partial charge in [-0.15, -0.1) is 0 Å². The molecule has 0 aromatic heterocycles. The Morgan fingerprint density at radius 1 is 0.897 bits per heavy atom. The van der Waals surface area contributed by atoms with Gasteiger partial charge in [0.05, 0.1) is 17.2 Å². The molecule has 0 unspecified atom stereocenters. The highest BCUT2D eigenvalue weighted by Gasteiger charge is 2.32. The summed E-state index contributed by atoms with van der Waals surface area (Å²) < 4.78 is 34.3. The molecule has 0 aliphatic heterocycles. The van der Waals surface area contributed by atoms with Gasteiger partial charge in [0.25, 0.3) is 10.0 Å². The third-order valence-corrected chi connectivity index (χ3v) is 7.91. The summed E-state index contributed by atoms with van der Waals surface area (Å²) in [5.41, 5.74) is 2.05. The lowest BCUT2D eigenvalue weighted by atomic mass is 10.1. The molecular weight excluding hydrogens is 514 g/mol. The number of sulfonamides is 1. The first-order chi connectivity index (χ1) is 18.5. The summed E-state index contributed by atoms with van der Waals surface area (Å²) in [6.45, 7) is 9.19. The van der Waals surface area contributed by atoms with Crippen molar-refractivity contribution < 1.29 is 22.7 Å². The molecule has 0 aliphatic carbocycles. The molecule has 39 heavy (non-hydrogen) atoms. The highest BCUT2D eigenvalue weighted by atomic mass is 32.2. The first-order valence-corrected chi connectivity index (χ1v) is 14.4. The van der Waals surface area contributed by atoms with Gasteiger partial charge in [-0.3, -0.25) is 13.9 Å². The van der Waals surface area contributed by atoms with Gasteiger partial charge in [0.1, 0.15) is 18.3 Å². The fourth-order valence-corrected chi connectivity index (χ4v) is 5.42. The Labute approximate surface area is 231 Å². The molecule has 0 fully saturated rings. The zero-order valence-electron chi connectivity index (χ0n) is 23.1. The Kier molecular flexibility index (Phi) is 10.1. The van der Waals surface area contributed by atoms with E-state index in [9.17, 15) is 18.0 Å². The quantitative estimate of drug-likeness (QED) is 0.357. The average Bonchev–Trinajstić information content (AvgIpc) is 2.91. The van der Waals surface area contributed by atoms with Gasteiger partial charge < -0.3 is 15.0 Å². The van der Waals surface area contributed by atoms with Crippen molar-refractivity contribution >= 4 is 27.5 Å². The molecule has 0 saturated carbocycles. The number of nitrogens with one attached hydrogen (secondary N) is 1. The fraction of sp³-hybridized carbons (Fsp3) is 0.333. The van der Waals surface area contributed by atoms with Gasteiger partial charge in [0, 0.05) is 12.6 Å². The number of hydrogen-bond donors (Lipinski definition) is 1. The zero-order chi connectivity index (χ0) is 28.6. The number of rotatable bonds is 12. The molecule has 3 aromatic rings. The van der Waals surface area contributed by atoms with Crippen molar-refractivity contribution in [3.05, 3.63) is 90.0 Å². The van der Waals surface area contributed by atoms with E-state index in [0.717, 1.165) is 15.4 Å². The van der Waals surface area contributed by atoms with Crippen LogP contribution in [0.15, 0.2) is 83.8 Å². The van der Waals surface area contributed by atoms with Gasteiger partial charge in [-0.2, -0.15) is 0 Å². The standard InChI is InChI=1S/C30H37N3O5S/c1-6-38-27-16-14-26(15-17-27)33(39(36,37)28-18-12-23(4)13-19-28)21-29(34)32(20-25-10-8-7-9-11-25)24(5)30(35)31-22(2)3/h7-19,22,24H,6,20-21H2,1-5H3,(H,31,35)/t24-/m1/s1. The third-order valence-electron chi connectivity index (χ3n) is 6.12. The second kappa shape index (κ2) is 13.3. The lowest BCUT2D eigenvalue weighted by Crippen LogP contribution is -2.52. The van der Waals surface area contributed by atoms with E-state index in [2.05, 4.69) is 5.32 Å². The minimum atomic E-state index is -4.12. The van der Waals surface area contributed by atoms with Crippen molar-refractivity contribution in [2.45, 2.75) is 58.1 Å². The molecule has 0 radical (unpaired) electrons. The molecule has 1 atom stereocenters. The SMILES string of the molecule is CCOc1ccc(N(CC(=O)N(Cc2ccccc2)[C@H](C)C(=O)NC(C)C)S(=O)(=O)c2ccc(C)cc2)cc1. The molecular formula is C30H37N3O5S. The van der Waals surface area contributed by atoms with Crippen LogP contribution in [0.25, 0.3) is 0 Å². The molecule has 0 heterocycles. The number of anilines is 1. The van der Waals surface area contributed by atoms with Crippen LogP contribution in [0.3, 0.4) is 0 Å². The smallest absolute Gasteiger partial charge is 0.264 e. The van der Waals surface area contributed by atoms with Gasteiger partial charge in [-0.25, -0.2) is 8.42 Å². The van der Waals surface area contributed by atoms with Crippen LogP contribution in [0, 0.1) is 6.92 Å². The van der Waals surface area contributed by atoms with Gasteiger partial charge in [-0.1, -0.05) is 48.0 Å². The molecule has 0 saturated heterocycles. The summed E-state index contributed by atoms with van der Waals surface area (Å²) in [5, 5.41) is 2.85. The van der Waals surface area contributed by atoms with Crippen LogP contribution in [0.5, 0.6) is 5.75 Å². The number of benzene rings is 3. The van der Waals surface area contributed by atoms with E-state index in [1.807, 2.05) is 58.0 Å². The van der Waals surface area contributed by atoms with Crippen LogP contribution in [0.4, 0.5) is 5.69 Å². The van der Waals surface area contributed by atoms with E-state index >= 15 is 0 Å². The number of carbonyl (C=O) groups excluding carboxylic acids is 2. The Balaban J connectivity index is 2.02. The third kappa shape index (κ3) is 7.83. The molecule has 3 aromatic carbocycles. The lowest BCUT2D eigenvalue weighted by molar-refractivity contribution is -0.139. The molecule has 0 aliphatic rings. The monoisotopic (exact) mass is 551 g/mol. The maximum atomic E-state index is 13.9. The predicted octanol–water partition coefficient (Wildman–Crippen LogP) is 4.53. The maximum absolute atomic E-state index is 13.9. The summed E-state index contributed by atoms with van der Waals surface area (Å²) in [4.78, 5) is 28.3. The van der Waals surface area contributed by atoms with E-state index in [1.54, 1.807) is 43.3 Å². The van der Waals surface area contributed by atoms with Crippen LogP contribution in [0.2, 0.25) is 0 Å². The van der Waals surface area contributed by atoms with Gasteiger partial charge in [0.15, 0.2) is 0 Å². The molecule has 9 heteroatoms. The molecule has 0 spiro atoms. The zero-order valence-corrected chi connectivity index (χ0v) is 23.9. The van der Waals surface area contributed by atoms with E-state index in [4.69, 9.17) is 4.74 Å². The van der Waals surface area contributed by atoms with Crippen molar-refractivity contribution in [1.82, 2.24) is 10.2 Å². The average molecular weight is 552 g/mol. The van der Waals surface area contributed by atoms with Crippen molar-refractivity contribution in [2.24, 2.45) is 0 Å². The number of carbonyl (C=O) groups is 2. The lowest BCUT2D eigenvalue weighted by Gasteiger charge is -2.32. The molecule has 1 N–H and O–H groups in total. The normalized spacial score (nSPS) is 12.1. The van der Waals surface area contributed by atoms with Crippen molar-refractivity contribution in [3.8, 4) is 5.75 Å². The number of aryl methyl sites for hydroxylation is 1. The molecule has 0 bridgehead atoms. The minimum Gasteiger partial charge on any atom is -0.494 e. The Morgan fingerprint density at radius 3 is 2.08 bits per heavy atom. The minimum absolute atomic E-state index is 0.0648. The van der Waals surface area contributed by atoms with E-state index in [-0.39, 0.29) is 23.4 Å². The van der Waals surface area contributed by atoms with E-state index in [0.29, 0.717) is 18.0 Å². The Morgan fingerprint density at radius 2 is 1.51 bits per heavy atom. The maximum Gasteiger partial charge on any atom is 0.264 e. The predicted molar refractivity (Wildman–Crippen MR) is 153 cm³/mol. The molecule has 2 amide bonds. The van der Waals surface area contributed by atoms with Gasteiger partial charge in [0.2, 0.25) is 11.8 Å². The highest BCUT2D eigenvalue weighted by molar-refractivity contribution is 7.92. The van der Waals surface area contributed by atoms with Gasteiger partial charge >= 0.3 is 0 Å². The topological polar surface area (TPSA) is 96.0 Å². The van der Waals surface area contributed by atoms with Crippen molar-refractivity contribution in [1.29, 1.82) is 0 Å². The number of ether oxygens (including phenoxy) is 1. The Bertz CT molecular complexity index is 1340. The number of amides is 2. The van der Waals surface area contributed by atoms with Crippen molar-refractivity contribution in [2.75, 3.05) is 17.5 Å². The number of nitrogens with zero attached hydrogens (tertiary/aromatic N) is 2. The fourth-order valence-electron chi connectivity index (χ4n) is 4.01. The summed E-state index contributed by atoms with van der Waals surface area (Å²) in [6, 6.07) is 21.4. The highest BCUT2D eigenvalue weighted by Crippen LogP contribution is 2.27. The van der Waals surface area contributed by atoms with Crippen LogP contribution in [-0.4, -0.2) is 50.4 Å². The van der Waals surface area contributed by atoms with Crippen LogP contribution < -0.4 is 14.4 Å². The second-order valence-corrected chi connectivity index (χ2v) is 11.5. The molecule has 3 rings (SSSR count).